The quantitative estimate of drug-likeness (QED) is 0.780. The maximum atomic E-state index is 12.2. The summed E-state index contributed by atoms with van der Waals surface area (Å²) in [6.07, 6.45) is 6.43. The van der Waals surface area contributed by atoms with Gasteiger partial charge in [-0.05, 0) is 42.0 Å². The first kappa shape index (κ1) is 17.2. The first-order valence-corrected chi connectivity index (χ1v) is 9.14. The minimum Gasteiger partial charge on any atom is -0.355 e. The predicted molar refractivity (Wildman–Crippen MR) is 87.6 cm³/mol. The predicted octanol–water partition coefficient (Wildman–Crippen LogP) is 2.51. The van der Waals surface area contributed by atoms with E-state index in [4.69, 9.17) is 0 Å². The highest BCUT2D eigenvalue weighted by molar-refractivity contribution is 8.00. The minimum absolute atomic E-state index is 0.0784. The van der Waals surface area contributed by atoms with Gasteiger partial charge in [0, 0.05) is 13.1 Å². The Kier molecular flexibility index (Phi) is 6.67. The van der Waals surface area contributed by atoms with Crippen LogP contribution in [0.5, 0.6) is 0 Å². The molecule has 0 radical (unpaired) electrons. The van der Waals surface area contributed by atoms with E-state index in [-0.39, 0.29) is 11.2 Å². The van der Waals surface area contributed by atoms with Gasteiger partial charge in [0.1, 0.15) is 0 Å². The van der Waals surface area contributed by atoms with E-state index in [0.717, 1.165) is 13.1 Å². The maximum absolute atomic E-state index is 12.2. The van der Waals surface area contributed by atoms with Crippen molar-refractivity contribution < 1.29 is 4.79 Å². The van der Waals surface area contributed by atoms with Gasteiger partial charge in [0.25, 0.3) is 0 Å². The van der Waals surface area contributed by atoms with Crippen LogP contribution >= 0.6 is 11.8 Å². The van der Waals surface area contributed by atoms with Crippen LogP contribution in [-0.2, 0) is 11.3 Å². The number of tetrazole rings is 1. The zero-order chi connectivity index (χ0) is 15.9. The third-order valence-corrected chi connectivity index (χ3v) is 5.05. The van der Waals surface area contributed by atoms with Crippen molar-refractivity contribution in [3.05, 3.63) is 0 Å². The van der Waals surface area contributed by atoms with Crippen molar-refractivity contribution in [2.45, 2.75) is 69.8 Å². The Bertz CT molecular complexity index is 470. The molecule has 1 N–H and O–H groups in total. The van der Waals surface area contributed by atoms with Gasteiger partial charge in [-0.15, -0.1) is 5.10 Å². The minimum atomic E-state index is -0.180. The first-order valence-electron chi connectivity index (χ1n) is 8.26. The standard InChI is InChI=1S/C15H27N5OS/c1-11(2)10-20-15(17-18-19-20)22-12(3)14(21)16-9-13-7-5-4-6-8-13/h11-13H,4-10H2,1-3H3,(H,16,21). The van der Waals surface area contributed by atoms with Crippen LogP contribution in [-0.4, -0.2) is 37.9 Å². The topological polar surface area (TPSA) is 72.7 Å². The molecule has 6 nitrogen and oxygen atoms in total. The molecule has 1 fully saturated rings. The number of carbonyl (C=O) groups is 1. The van der Waals surface area contributed by atoms with Crippen molar-refractivity contribution in [1.29, 1.82) is 0 Å². The summed E-state index contributed by atoms with van der Waals surface area (Å²) in [5.74, 6) is 1.20. The van der Waals surface area contributed by atoms with Crippen molar-refractivity contribution in [2.24, 2.45) is 11.8 Å². The van der Waals surface area contributed by atoms with Crippen LogP contribution in [0.25, 0.3) is 0 Å². The van der Waals surface area contributed by atoms with E-state index in [9.17, 15) is 4.79 Å². The number of nitrogens with one attached hydrogen (secondary N) is 1. The highest BCUT2D eigenvalue weighted by atomic mass is 32.2. The summed E-state index contributed by atoms with van der Waals surface area (Å²) in [5.41, 5.74) is 0. The summed E-state index contributed by atoms with van der Waals surface area (Å²) in [5, 5.41) is 15.4. The number of hydrogen-bond acceptors (Lipinski definition) is 5. The van der Waals surface area contributed by atoms with Crippen molar-refractivity contribution >= 4 is 17.7 Å². The molecule has 1 atom stereocenters. The molecule has 0 aromatic carbocycles. The van der Waals surface area contributed by atoms with Gasteiger partial charge in [-0.25, -0.2) is 4.68 Å². The highest BCUT2D eigenvalue weighted by Crippen LogP contribution is 2.24. The molecular weight excluding hydrogens is 298 g/mol. The molecule has 2 rings (SSSR count). The molecule has 124 valence electrons. The van der Waals surface area contributed by atoms with Crippen molar-refractivity contribution in [3.8, 4) is 0 Å². The lowest BCUT2D eigenvalue weighted by Crippen LogP contribution is -2.35. The zero-order valence-corrected chi connectivity index (χ0v) is 14.6. The number of amides is 1. The monoisotopic (exact) mass is 325 g/mol. The lowest BCUT2D eigenvalue weighted by Gasteiger charge is -2.22. The van der Waals surface area contributed by atoms with Crippen LogP contribution in [0, 0.1) is 11.8 Å². The van der Waals surface area contributed by atoms with Gasteiger partial charge >= 0.3 is 0 Å². The Balaban J connectivity index is 1.79. The molecule has 1 aromatic heterocycles. The van der Waals surface area contributed by atoms with Gasteiger partial charge in [-0.3, -0.25) is 4.79 Å². The molecule has 1 aliphatic carbocycles. The average Bonchev–Trinajstić information content (AvgIpc) is 2.92. The molecule has 0 aliphatic heterocycles. The summed E-state index contributed by atoms with van der Waals surface area (Å²) in [6, 6.07) is 0. The highest BCUT2D eigenvalue weighted by Gasteiger charge is 2.20. The maximum Gasteiger partial charge on any atom is 0.233 e. The Morgan fingerprint density at radius 1 is 1.32 bits per heavy atom. The molecule has 1 aromatic rings. The van der Waals surface area contributed by atoms with Crippen molar-refractivity contribution in [3.63, 3.8) is 0 Å². The summed E-state index contributed by atoms with van der Waals surface area (Å²) < 4.78 is 1.78. The van der Waals surface area contributed by atoms with E-state index in [1.54, 1.807) is 4.68 Å². The third kappa shape index (κ3) is 5.26. The molecule has 1 aliphatic rings. The van der Waals surface area contributed by atoms with Gasteiger partial charge in [0.2, 0.25) is 11.1 Å². The fraction of sp³-hybridized carbons (Fsp3) is 0.867. The van der Waals surface area contributed by atoms with Crippen LogP contribution in [0.4, 0.5) is 0 Å². The van der Waals surface area contributed by atoms with E-state index in [1.807, 2.05) is 6.92 Å². The molecule has 0 bridgehead atoms. The van der Waals surface area contributed by atoms with Crippen LogP contribution in [0.15, 0.2) is 5.16 Å². The Hall–Kier alpha value is -1.11. The number of thioether (sulfide) groups is 1. The molecule has 1 heterocycles. The summed E-state index contributed by atoms with van der Waals surface area (Å²) >= 11 is 1.43. The Labute approximate surface area is 136 Å². The molecule has 1 unspecified atom stereocenters. The Morgan fingerprint density at radius 2 is 2.05 bits per heavy atom. The number of hydrogen-bond donors (Lipinski definition) is 1. The number of rotatable bonds is 7. The lowest BCUT2D eigenvalue weighted by atomic mass is 9.89. The molecule has 1 saturated carbocycles. The normalized spacial score (nSPS) is 17.6. The average molecular weight is 325 g/mol. The number of carbonyl (C=O) groups excluding carboxylic acids is 1. The second-order valence-corrected chi connectivity index (χ2v) is 7.85. The van der Waals surface area contributed by atoms with Gasteiger partial charge in [-0.1, -0.05) is 44.9 Å². The Morgan fingerprint density at radius 3 is 2.73 bits per heavy atom. The number of aromatic nitrogens is 4. The van der Waals surface area contributed by atoms with E-state index >= 15 is 0 Å². The third-order valence-electron chi connectivity index (χ3n) is 3.98. The van der Waals surface area contributed by atoms with E-state index in [2.05, 4.69) is 34.7 Å². The van der Waals surface area contributed by atoms with Gasteiger partial charge in [-0.2, -0.15) is 0 Å². The SMILES string of the molecule is CC(C)Cn1nnnc1SC(C)C(=O)NCC1CCCCC1. The van der Waals surface area contributed by atoms with Crippen LogP contribution in [0.2, 0.25) is 0 Å². The van der Waals surface area contributed by atoms with Crippen molar-refractivity contribution in [1.82, 2.24) is 25.5 Å². The van der Waals surface area contributed by atoms with Gasteiger partial charge < -0.3 is 5.32 Å². The smallest absolute Gasteiger partial charge is 0.233 e. The second kappa shape index (κ2) is 8.50. The first-order chi connectivity index (χ1) is 10.6. The number of nitrogens with zero attached hydrogens (tertiary/aromatic N) is 4. The van der Waals surface area contributed by atoms with Crippen LogP contribution < -0.4 is 5.32 Å². The van der Waals surface area contributed by atoms with E-state index in [1.165, 1.54) is 43.9 Å². The largest absolute Gasteiger partial charge is 0.355 e. The fourth-order valence-electron chi connectivity index (χ4n) is 2.73. The summed E-state index contributed by atoms with van der Waals surface area (Å²) in [7, 11) is 0. The second-order valence-electron chi connectivity index (χ2n) is 6.55. The molecule has 1 amide bonds. The van der Waals surface area contributed by atoms with Gasteiger partial charge in [0.15, 0.2) is 0 Å². The van der Waals surface area contributed by atoms with Gasteiger partial charge in [0.05, 0.1) is 5.25 Å². The molecule has 7 heteroatoms. The van der Waals surface area contributed by atoms with Crippen LogP contribution in [0.1, 0.15) is 52.9 Å². The van der Waals surface area contributed by atoms with E-state index < -0.39 is 0 Å². The molecule has 0 saturated heterocycles. The molecular formula is C15H27N5OS. The summed E-state index contributed by atoms with van der Waals surface area (Å²) in [4.78, 5) is 12.2. The van der Waals surface area contributed by atoms with Crippen molar-refractivity contribution in [2.75, 3.05) is 6.54 Å². The van der Waals surface area contributed by atoms with E-state index in [0.29, 0.717) is 17.0 Å². The van der Waals surface area contributed by atoms with Crippen LogP contribution in [0.3, 0.4) is 0 Å². The zero-order valence-electron chi connectivity index (χ0n) is 13.8. The molecule has 0 spiro atoms. The fourth-order valence-corrected chi connectivity index (χ4v) is 3.56. The summed E-state index contributed by atoms with van der Waals surface area (Å²) in [6.45, 7) is 7.73. The lowest BCUT2D eigenvalue weighted by molar-refractivity contribution is -0.120. The molecule has 22 heavy (non-hydrogen) atoms.